The highest BCUT2D eigenvalue weighted by atomic mass is 79.9. The summed E-state index contributed by atoms with van der Waals surface area (Å²) in [5.41, 5.74) is 0.482. The van der Waals surface area contributed by atoms with E-state index in [9.17, 15) is 0 Å². The van der Waals surface area contributed by atoms with E-state index in [1.165, 1.54) is 12.8 Å². The van der Waals surface area contributed by atoms with Gasteiger partial charge < -0.3 is 0 Å². The Morgan fingerprint density at radius 1 is 1.40 bits per heavy atom. The maximum Gasteiger partial charge on any atom is 0.00827 e. The van der Waals surface area contributed by atoms with E-state index in [1.807, 2.05) is 0 Å². The van der Waals surface area contributed by atoms with Gasteiger partial charge in [-0.15, -0.1) is 0 Å². The van der Waals surface area contributed by atoms with E-state index in [2.05, 4.69) is 43.6 Å². The molecule has 0 fully saturated rings. The normalized spacial score (nSPS) is 15.3. The Kier molecular flexibility index (Phi) is 4.59. The molecule has 1 heteroatoms. The Labute approximate surface area is 73.5 Å². The zero-order valence-corrected chi connectivity index (χ0v) is 9.16. The molecule has 0 aromatic heterocycles. The molecule has 0 aliphatic carbocycles. The fourth-order valence-electron chi connectivity index (χ4n) is 1.14. The summed E-state index contributed by atoms with van der Waals surface area (Å²) in [6, 6.07) is 0. The molecule has 0 amide bonds. The van der Waals surface area contributed by atoms with E-state index in [4.69, 9.17) is 0 Å². The van der Waals surface area contributed by atoms with Crippen LogP contribution in [-0.2, 0) is 0 Å². The summed E-state index contributed by atoms with van der Waals surface area (Å²) in [4.78, 5) is 0. The van der Waals surface area contributed by atoms with Gasteiger partial charge in [0.2, 0.25) is 0 Å². The van der Waals surface area contributed by atoms with Crippen LogP contribution in [0.1, 0.15) is 40.5 Å². The topological polar surface area (TPSA) is 0 Å². The van der Waals surface area contributed by atoms with E-state index in [0.717, 1.165) is 11.2 Å². The van der Waals surface area contributed by atoms with Gasteiger partial charge in [-0.25, -0.2) is 0 Å². The molecule has 1 unspecified atom stereocenters. The first kappa shape index (κ1) is 10.5. The number of hydrogen-bond acceptors (Lipinski definition) is 0. The maximum absolute atomic E-state index is 3.53. The summed E-state index contributed by atoms with van der Waals surface area (Å²) in [6.07, 6.45) is 2.63. The summed E-state index contributed by atoms with van der Waals surface area (Å²) in [6.45, 7) is 9.21. The van der Waals surface area contributed by atoms with Crippen LogP contribution in [0.3, 0.4) is 0 Å². The van der Waals surface area contributed by atoms with Crippen molar-refractivity contribution in [2.24, 2.45) is 11.3 Å². The monoisotopic (exact) mass is 206 g/mol. The number of alkyl halides is 1. The predicted octanol–water partition coefficient (Wildman–Crippen LogP) is 3.84. The standard InChI is InChI=1S/C9H19Br/c1-5-8(2)6-9(3,4)7-10/h8H,5-7H2,1-4H3. The summed E-state index contributed by atoms with van der Waals surface area (Å²) < 4.78 is 0. The molecular weight excluding hydrogens is 188 g/mol. The van der Waals surface area contributed by atoms with Crippen molar-refractivity contribution in [2.75, 3.05) is 5.33 Å². The highest BCUT2D eigenvalue weighted by Gasteiger charge is 2.18. The largest absolute Gasteiger partial charge is 0.0922 e. The van der Waals surface area contributed by atoms with Crippen molar-refractivity contribution in [3.63, 3.8) is 0 Å². The van der Waals surface area contributed by atoms with Crippen LogP contribution in [-0.4, -0.2) is 5.33 Å². The third kappa shape index (κ3) is 4.32. The Bertz CT molecular complexity index is 86.7. The van der Waals surface area contributed by atoms with Gasteiger partial charge in [-0.05, 0) is 17.8 Å². The van der Waals surface area contributed by atoms with Gasteiger partial charge in [-0.3, -0.25) is 0 Å². The molecule has 62 valence electrons. The highest BCUT2D eigenvalue weighted by Crippen LogP contribution is 2.28. The third-order valence-electron chi connectivity index (χ3n) is 1.96. The van der Waals surface area contributed by atoms with Gasteiger partial charge in [0.1, 0.15) is 0 Å². The lowest BCUT2D eigenvalue weighted by Gasteiger charge is -2.24. The quantitative estimate of drug-likeness (QED) is 0.614. The van der Waals surface area contributed by atoms with Crippen LogP contribution < -0.4 is 0 Å². The molecule has 1 atom stereocenters. The lowest BCUT2D eigenvalue weighted by Crippen LogP contribution is -2.16. The molecular formula is C9H19Br. The lowest BCUT2D eigenvalue weighted by molar-refractivity contribution is 0.311. The number of halogens is 1. The first-order valence-corrected chi connectivity index (χ1v) is 5.20. The van der Waals surface area contributed by atoms with Crippen LogP contribution in [0, 0.1) is 11.3 Å². The minimum atomic E-state index is 0.482. The molecule has 0 radical (unpaired) electrons. The molecule has 0 rings (SSSR count). The van der Waals surface area contributed by atoms with Crippen LogP contribution in [0.2, 0.25) is 0 Å². The van der Waals surface area contributed by atoms with Crippen molar-refractivity contribution in [3.05, 3.63) is 0 Å². The van der Waals surface area contributed by atoms with Crippen LogP contribution in [0.15, 0.2) is 0 Å². The molecule has 0 bridgehead atoms. The maximum atomic E-state index is 3.53. The Hall–Kier alpha value is 0.480. The van der Waals surface area contributed by atoms with E-state index in [0.29, 0.717) is 5.41 Å². The zero-order valence-electron chi connectivity index (χ0n) is 7.58. The summed E-state index contributed by atoms with van der Waals surface area (Å²) in [5, 5.41) is 1.12. The average molecular weight is 207 g/mol. The summed E-state index contributed by atoms with van der Waals surface area (Å²) in [5.74, 6) is 0.868. The Morgan fingerprint density at radius 3 is 2.20 bits per heavy atom. The van der Waals surface area contributed by atoms with E-state index in [1.54, 1.807) is 0 Å². The summed E-state index contributed by atoms with van der Waals surface area (Å²) in [7, 11) is 0. The van der Waals surface area contributed by atoms with Crippen LogP contribution >= 0.6 is 15.9 Å². The SMILES string of the molecule is CCC(C)CC(C)(C)CBr. The van der Waals surface area contributed by atoms with Gasteiger partial charge in [0.05, 0.1) is 0 Å². The van der Waals surface area contributed by atoms with Crippen molar-refractivity contribution < 1.29 is 0 Å². The fourth-order valence-corrected chi connectivity index (χ4v) is 1.37. The van der Waals surface area contributed by atoms with Gasteiger partial charge in [0, 0.05) is 5.33 Å². The molecule has 0 saturated heterocycles. The Balaban J connectivity index is 3.64. The lowest BCUT2D eigenvalue weighted by atomic mass is 9.84. The van der Waals surface area contributed by atoms with Crippen molar-refractivity contribution in [1.29, 1.82) is 0 Å². The third-order valence-corrected chi connectivity index (χ3v) is 3.48. The number of hydrogen-bond donors (Lipinski definition) is 0. The molecule has 0 aromatic rings. The number of rotatable bonds is 4. The first-order valence-electron chi connectivity index (χ1n) is 4.08. The van der Waals surface area contributed by atoms with Gasteiger partial charge >= 0.3 is 0 Å². The van der Waals surface area contributed by atoms with Crippen molar-refractivity contribution >= 4 is 15.9 Å². The molecule has 0 heterocycles. The second-order valence-electron chi connectivity index (χ2n) is 4.02. The minimum absolute atomic E-state index is 0.482. The molecule has 0 saturated carbocycles. The molecule has 0 aromatic carbocycles. The second-order valence-corrected chi connectivity index (χ2v) is 4.58. The molecule has 0 N–H and O–H groups in total. The van der Waals surface area contributed by atoms with E-state index in [-0.39, 0.29) is 0 Å². The molecule has 0 aliphatic rings. The van der Waals surface area contributed by atoms with E-state index >= 15 is 0 Å². The summed E-state index contributed by atoms with van der Waals surface area (Å²) >= 11 is 3.53. The van der Waals surface area contributed by atoms with Gasteiger partial charge in [0.25, 0.3) is 0 Å². The highest BCUT2D eigenvalue weighted by molar-refractivity contribution is 9.09. The first-order chi connectivity index (χ1) is 4.52. The molecule has 0 spiro atoms. The fraction of sp³-hybridized carbons (Fsp3) is 1.00. The minimum Gasteiger partial charge on any atom is -0.0922 e. The van der Waals surface area contributed by atoms with Gasteiger partial charge in [-0.1, -0.05) is 50.0 Å². The second kappa shape index (κ2) is 4.38. The van der Waals surface area contributed by atoms with Crippen LogP contribution in [0.25, 0.3) is 0 Å². The average Bonchev–Trinajstić information content (AvgIpc) is 1.87. The van der Waals surface area contributed by atoms with Crippen LogP contribution in [0.5, 0.6) is 0 Å². The van der Waals surface area contributed by atoms with Gasteiger partial charge in [-0.2, -0.15) is 0 Å². The van der Waals surface area contributed by atoms with Crippen molar-refractivity contribution in [1.82, 2.24) is 0 Å². The predicted molar refractivity (Wildman–Crippen MR) is 51.6 cm³/mol. The van der Waals surface area contributed by atoms with Crippen molar-refractivity contribution in [2.45, 2.75) is 40.5 Å². The smallest absolute Gasteiger partial charge is 0.00827 e. The molecule has 10 heavy (non-hydrogen) atoms. The molecule has 0 nitrogen and oxygen atoms in total. The Morgan fingerprint density at radius 2 is 1.90 bits per heavy atom. The van der Waals surface area contributed by atoms with Crippen molar-refractivity contribution in [3.8, 4) is 0 Å². The van der Waals surface area contributed by atoms with Crippen LogP contribution in [0.4, 0.5) is 0 Å². The molecule has 0 aliphatic heterocycles. The van der Waals surface area contributed by atoms with E-state index < -0.39 is 0 Å². The zero-order chi connectivity index (χ0) is 8.20. The van der Waals surface area contributed by atoms with Gasteiger partial charge in [0.15, 0.2) is 0 Å².